The Bertz CT molecular complexity index is 702. The first-order chi connectivity index (χ1) is 9.97. The SMILES string of the molecule is O=[N+]([O-])[N-]c1nonc1N=[N+]([O-])c1nonc1[N-][N+](=O)[O-]. The minimum Gasteiger partial charge on any atom is -0.690 e. The molecule has 0 spiro atoms. The molecule has 2 rings (SSSR count). The van der Waals surface area contributed by atoms with Crippen molar-refractivity contribution in [2.24, 2.45) is 5.11 Å². The van der Waals surface area contributed by atoms with Gasteiger partial charge >= 0.3 is 5.82 Å². The van der Waals surface area contributed by atoms with Crippen molar-refractivity contribution in [1.29, 1.82) is 0 Å². The van der Waals surface area contributed by atoms with Gasteiger partial charge in [0, 0.05) is 0 Å². The summed E-state index contributed by atoms with van der Waals surface area (Å²) >= 11 is 0. The summed E-state index contributed by atoms with van der Waals surface area (Å²) in [7, 11) is 0. The second-order valence-corrected chi connectivity index (χ2v) is 2.87. The van der Waals surface area contributed by atoms with E-state index in [2.05, 4.69) is 45.9 Å². The van der Waals surface area contributed by atoms with Gasteiger partial charge in [-0.25, -0.2) is 14.9 Å². The molecular formula is C4N10O7-2. The number of rotatable bonds is 6. The fourth-order valence-corrected chi connectivity index (χ4v) is 0.956. The van der Waals surface area contributed by atoms with E-state index in [9.17, 15) is 25.4 Å². The molecule has 0 atom stereocenters. The minimum atomic E-state index is -1.15. The largest absolute Gasteiger partial charge is 0.690 e. The van der Waals surface area contributed by atoms with Crippen molar-refractivity contribution in [3.8, 4) is 0 Å². The molecule has 2 aromatic rings. The Hall–Kier alpha value is -3.92. The summed E-state index contributed by atoms with van der Waals surface area (Å²) in [6.07, 6.45) is 0. The van der Waals surface area contributed by atoms with Crippen molar-refractivity contribution >= 4 is 23.3 Å². The smallest absolute Gasteiger partial charge is 0.402 e. The summed E-state index contributed by atoms with van der Waals surface area (Å²) in [5.74, 6) is -2.94. The summed E-state index contributed by atoms with van der Waals surface area (Å²) in [5, 5.41) is 44.9. The summed E-state index contributed by atoms with van der Waals surface area (Å²) < 4.78 is 8.20. The van der Waals surface area contributed by atoms with E-state index in [1.807, 2.05) is 0 Å². The molecule has 0 radical (unpaired) electrons. The van der Waals surface area contributed by atoms with Crippen molar-refractivity contribution in [3.63, 3.8) is 0 Å². The molecule has 2 heterocycles. The maximum absolute atomic E-state index is 11.6. The van der Waals surface area contributed by atoms with Crippen molar-refractivity contribution in [2.45, 2.75) is 0 Å². The van der Waals surface area contributed by atoms with E-state index in [1.165, 1.54) is 0 Å². The van der Waals surface area contributed by atoms with Gasteiger partial charge in [-0.05, 0) is 0 Å². The molecule has 0 bridgehead atoms. The molecule has 2 aromatic heterocycles. The zero-order chi connectivity index (χ0) is 15.4. The highest BCUT2D eigenvalue weighted by atomic mass is 16.7. The second-order valence-electron chi connectivity index (χ2n) is 2.87. The standard InChI is InChI=1S/C4N10O7/c15-12(4-3(7-14(18)19)10-21-11-4)5-1-2(6-13(16)17)9-20-8-1/q-2. The van der Waals surface area contributed by atoms with Crippen molar-refractivity contribution in [1.82, 2.24) is 20.6 Å². The molecule has 0 aliphatic heterocycles. The lowest BCUT2D eigenvalue weighted by atomic mass is 10.6. The monoisotopic (exact) mass is 300 g/mol. The number of hydrogen-bond donors (Lipinski definition) is 0. The molecule has 17 heteroatoms. The van der Waals surface area contributed by atoms with Crippen molar-refractivity contribution < 1.29 is 24.2 Å². The Balaban J connectivity index is 2.29. The lowest BCUT2D eigenvalue weighted by molar-refractivity contribution is -0.444. The molecule has 110 valence electrons. The van der Waals surface area contributed by atoms with Crippen LogP contribution in [0.2, 0.25) is 0 Å². The fraction of sp³-hybridized carbons (Fsp3) is 0. The van der Waals surface area contributed by atoms with Crippen LogP contribution in [0.3, 0.4) is 0 Å². The molecule has 0 fully saturated rings. The number of nitrogens with zero attached hydrogens (tertiary/aromatic N) is 10. The van der Waals surface area contributed by atoms with Crippen LogP contribution in [0.25, 0.3) is 10.9 Å². The Morgan fingerprint density at radius 2 is 1.48 bits per heavy atom. The van der Waals surface area contributed by atoms with Crippen molar-refractivity contribution in [2.75, 3.05) is 0 Å². The van der Waals surface area contributed by atoms with Crippen LogP contribution in [0.5, 0.6) is 0 Å². The number of hydrogen-bond acceptors (Lipinski definition) is 12. The van der Waals surface area contributed by atoms with E-state index in [0.29, 0.717) is 0 Å². The van der Waals surface area contributed by atoms with Crippen LogP contribution in [0, 0.1) is 25.4 Å². The van der Waals surface area contributed by atoms with Gasteiger partial charge < -0.3 is 9.84 Å². The molecule has 0 aliphatic carbocycles. The molecule has 21 heavy (non-hydrogen) atoms. The minimum absolute atomic E-state index is 0.336. The van der Waals surface area contributed by atoms with E-state index in [-0.39, 0.29) is 4.86 Å². The molecule has 0 saturated carbocycles. The Morgan fingerprint density at radius 1 is 0.905 bits per heavy atom. The predicted octanol–water partition coefficient (Wildman–Crippen LogP) is 0.772. The van der Waals surface area contributed by atoms with Gasteiger partial charge in [-0.1, -0.05) is 10.3 Å². The summed E-state index contributed by atoms with van der Waals surface area (Å²) in [6, 6.07) is 0. The Kier molecular flexibility index (Phi) is 3.46. The molecular weight excluding hydrogens is 300 g/mol. The van der Waals surface area contributed by atoms with Gasteiger partial charge in [-0.3, -0.25) is 20.2 Å². The number of nitro groups is 2. The fourth-order valence-electron chi connectivity index (χ4n) is 0.956. The van der Waals surface area contributed by atoms with Crippen LogP contribution >= 0.6 is 0 Å². The van der Waals surface area contributed by atoms with Crippen molar-refractivity contribution in [3.05, 3.63) is 36.3 Å². The third-order valence-corrected chi connectivity index (χ3v) is 1.63. The highest BCUT2D eigenvalue weighted by molar-refractivity contribution is 5.54. The average Bonchev–Trinajstić information content (AvgIpc) is 2.98. The van der Waals surface area contributed by atoms with Gasteiger partial charge in [0.2, 0.25) is 5.82 Å². The van der Waals surface area contributed by atoms with E-state index in [1.54, 1.807) is 0 Å². The van der Waals surface area contributed by atoms with Gasteiger partial charge in [0.1, 0.15) is 5.82 Å². The van der Waals surface area contributed by atoms with Crippen LogP contribution < -0.4 is 0 Å². The van der Waals surface area contributed by atoms with Crippen LogP contribution in [0.4, 0.5) is 23.3 Å². The van der Waals surface area contributed by atoms with Gasteiger partial charge in [-0.15, -0.1) is 15.7 Å². The number of azo groups is 1. The summed E-state index contributed by atoms with van der Waals surface area (Å²) in [6.45, 7) is 0. The second kappa shape index (κ2) is 5.38. The topological polar surface area (TPSA) is 231 Å². The average molecular weight is 300 g/mol. The molecule has 0 saturated heterocycles. The molecule has 0 aliphatic rings. The third-order valence-electron chi connectivity index (χ3n) is 1.63. The first-order valence-electron chi connectivity index (χ1n) is 4.53. The Morgan fingerprint density at radius 3 is 2.14 bits per heavy atom. The van der Waals surface area contributed by atoms with Gasteiger partial charge in [0.15, 0.2) is 5.16 Å². The van der Waals surface area contributed by atoms with Crippen LogP contribution in [-0.2, 0) is 0 Å². The number of aromatic nitrogens is 4. The lowest BCUT2D eigenvalue weighted by Crippen LogP contribution is -1.94. The van der Waals surface area contributed by atoms with Crippen LogP contribution in [-0.4, -0.2) is 35.6 Å². The van der Waals surface area contributed by atoms with Gasteiger partial charge in [-0.2, -0.15) is 0 Å². The predicted molar refractivity (Wildman–Crippen MR) is 54.0 cm³/mol. The molecule has 0 unspecified atom stereocenters. The zero-order valence-electron chi connectivity index (χ0n) is 9.33. The molecule has 0 amide bonds. The quantitative estimate of drug-likeness (QED) is 0.312. The van der Waals surface area contributed by atoms with Gasteiger partial charge in [0.25, 0.3) is 0 Å². The van der Waals surface area contributed by atoms with E-state index in [4.69, 9.17) is 0 Å². The normalized spacial score (nSPS) is 11.1. The Labute approximate surface area is 111 Å². The maximum Gasteiger partial charge on any atom is 0.402 e. The van der Waals surface area contributed by atoms with E-state index in [0.717, 1.165) is 0 Å². The first-order valence-corrected chi connectivity index (χ1v) is 4.53. The highest BCUT2D eigenvalue weighted by Crippen LogP contribution is 2.31. The first kappa shape index (κ1) is 13.5. The molecule has 17 nitrogen and oxygen atoms in total. The highest BCUT2D eigenvalue weighted by Gasteiger charge is 2.18. The van der Waals surface area contributed by atoms with Crippen LogP contribution in [0.15, 0.2) is 14.4 Å². The summed E-state index contributed by atoms with van der Waals surface area (Å²) in [4.78, 5) is 20.0. The van der Waals surface area contributed by atoms with E-state index < -0.39 is 33.3 Å². The van der Waals surface area contributed by atoms with Crippen LogP contribution in [0.1, 0.15) is 0 Å². The zero-order valence-corrected chi connectivity index (χ0v) is 9.33. The van der Waals surface area contributed by atoms with E-state index >= 15 is 0 Å². The maximum atomic E-state index is 11.6. The van der Waals surface area contributed by atoms with Gasteiger partial charge in [0.05, 0.1) is 15.9 Å². The lowest BCUT2D eigenvalue weighted by Gasteiger charge is -2.03. The summed E-state index contributed by atoms with van der Waals surface area (Å²) in [5.41, 5.74) is 5.43. The molecule has 0 aromatic carbocycles. The third kappa shape index (κ3) is 3.10. The molecule has 0 N–H and O–H groups in total.